The summed E-state index contributed by atoms with van der Waals surface area (Å²) in [4.78, 5) is 14.4. The number of allylic oxidation sites excluding steroid dienone is 1. The number of nitrogens with zero attached hydrogens (tertiary/aromatic N) is 2. The predicted molar refractivity (Wildman–Crippen MR) is 120 cm³/mol. The highest BCUT2D eigenvalue weighted by Crippen LogP contribution is 2.34. The third kappa shape index (κ3) is 3.96. The summed E-state index contributed by atoms with van der Waals surface area (Å²) in [5.74, 6) is -0.293. The molecule has 0 spiro atoms. The summed E-state index contributed by atoms with van der Waals surface area (Å²) in [5.41, 5.74) is 17.0. The van der Waals surface area contributed by atoms with Crippen molar-refractivity contribution >= 4 is 80.2 Å². The molecule has 0 amide bonds. The summed E-state index contributed by atoms with van der Waals surface area (Å²) in [5, 5.41) is 2.21. The van der Waals surface area contributed by atoms with E-state index < -0.39 is 0 Å². The first-order valence-corrected chi connectivity index (χ1v) is 10.2. The smallest absolute Gasteiger partial charge is 0.369 e. The van der Waals surface area contributed by atoms with Crippen molar-refractivity contribution in [2.75, 3.05) is 5.73 Å². The number of halogens is 3. The average Bonchev–Trinajstić information content (AvgIpc) is 2.67. The zero-order valence-electron chi connectivity index (χ0n) is 13.8. The van der Waals surface area contributed by atoms with Crippen LogP contribution in [0.3, 0.4) is 0 Å². The normalized spacial score (nSPS) is 12.6. The van der Waals surface area contributed by atoms with Gasteiger partial charge in [-0.05, 0) is 33.4 Å². The molecule has 4 rings (SSSR count). The van der Waals surface area contributed by atoms with Gasteiger partial charge in [0.05, 0.1) is 11.3 Å². The molecule has 0 saturated heterocycles. The number of rotatable bonds is 0. The van der Waals surface area contributed by atoms with Gasteiger partial charge in [0.2, 0.25) is 0 Å². The van der Waals surface area contributed by atoms with Gasteiger partial charge in [-0.3, -0.25) is 4.79 Å². The maximum absolute atomic E-state index is 11.4. The Morgan fingerprint density at radius 1 is 0.852 bits per heavy atom. The number of benzene rings is 3. The molecule has 3 aromatic rings. The molecule has 0 fully saturated rings. The minimum atomic E-state index is -0.293. The summed E-state index contributed by atoms with van der Waals surface area (Å²) in [6.07, 6.45) is 1.40. The summed E-state index contributed by atoms with van der Waals surface area (Å²) in [6.45, 7) is 0. The third-order valence-electron chi connectivity index (χ3n) is 4.02. The number of hydrogen-bond acceptors (Lipinski definition) is 2. The zero-order chi connectivity index (χ0) is 19.6. The Kier molecular flexibility index (Phi) is 6.07. The molecular weight excluding hydrogens is 538 g/mol. The Balaban J connectivity index is 0.000000156. The van der Waals surface area contributed by atoms with Crippen LogP contribution in [0, 0.1) is 0 Å². The predicted octanol–water partition coefficient (Wildman–Crippen LogP) is 5.97. The number of carbonyl (C=O) groups is 1. The van der Waals surface area contributed by atoms with Gasteiger partial charge in [0.25, 0.3) is 5.78 Å². The van der Waals surface area contributed by atoms with Gasteiger partial charge in [-0.25, -0.2) is 0 Å². The number of nitrogens with two attached hydrogens (primary N) is 1. The molecule has 0 bridgehead atoms. The van der Waals surface area contributed by atoms with Crippen molar-refractivity contribution in [1.29, 1.82) is 0 Å². The molecule has 134 valence electrons. The maximum Gasteiger partial charge on any atom is 0.369 e. The lowest BCUT2D eigenvalue weighted by Gasteiger charge is -2.08. The fraction of sp³-hybridized carbons (Fsp3) is 0. The van der Waals surface area contributed by atoms with Crippen LogP contribution in [0.5, 0.6) is 0 Å². The van der Waals surface area contributed by atoms with Crippen molar-refractivity contribution in [3.05, 3.63) is 86.3 Å². The minimum absolute atomic E-state index is 0.0869. The van der Waals surface area contributed by atoms with E-state index in [0.29, 0.717) is 10.0 Å². The van der Waals surface area contributed by atoms with E-state index in [1.165, 1.54) is 6.08 Å². The summed E-state index contributed by atoms with van der Waals surface area (Å²) < 4.78 is 2.70. The van der Waals surface area contributed by atoms with Gasteiger partial charge in [-0.15, -0.1) is 0 Å². The fourth-order valence-corrected chi connectivity index (χ4v) is 4.59. The van der Waals surface area contributed by atoms with E-state index in [0.717, 1.165) is 31.0 Å². The van der Waals surface area contributed by atoms with Crippen molar-refractivity contribution in [3.63, 3.8) is 0 Å². The molecule has 0 aromatic heterocycles. The first-order valence-electron chi connectivity index (χ1n) is 7.79. The maximum atomic E-state index is 11.4. The van der Waals surface area contributed by atoms with Gasteiger partial charge in [-0.2, -0.15) is 4.79 Å². The van der Waals surface area contributed by atoms with E-state index >= 15 is 0 Å². The molecule has 0 radical (unpaired) electrons. The lowest BCUT2D eigenvalue weighted by atomic mass is 9.95. The second kappa shape index (κ2) is 8.31. The van der Waals surface area contributed by atoms with Gasteiger partial charge in [0.15, 0.2) is 0 Å². The van der Waals surface area contributed by atoms with Gasteiger partial charge >= 0.3 is 5.71 Å². The van der Waals surface area contributed by atoms with Crippen LogP contribution in [-0.2, 0) is 4.79 Å². The van der Waals surface area contributed by atoms with Crippen LogP contribution >= 0.6 is 47.8 Å². The molecule has 1 aliphatic carbocycles. The first-order chi connectivity index (χ1) is 12.9. The molecule has 0 aliphatic heterocycles. The Hall–Kier alpha value is -2.05. The molecule has 0 saturated carbocycles. The number of fused-ring (bicyclic) bond motifs is 2. The van der Waals surface area contributed by atoms with Crippen molar-refractivity contribution in [2.24, 2.45) is 0 Å². The Bertz CT molecular complexity index is 1150. The number of anilines is 1. The molecule has 4 nitrogen and oxygen atoms in total. The standard InChI is InChI=1S/C10H7Br2N.C10H5BrN2O/c11-8-5-9(12)10(13)7-4-2-1-3-6(7)8;11-8-5-9(14)10(13-12)7-4-2-1-3-6(7)8/h1-5H,13H2;1-5H. The second-order valence-corrected chi connectivity index (χ2v) is 8.21. The van der Waals surface area contributed by atoms with Crippen molar-refractivity contribution < 1.29 is 9.58 Å². The second-order valence-electron chi connectivity index (χ2n) is 5.65. The molecule has 0 unspecified atom stereocenters. The molecular formula is C20H12Br3N3O. The molecule has 27 heavy (non-hydrogen) atoms. The fourth-order valence-electron chi connectivity index (χ4n) is 2.72. The van der Waals surface area contributed by atoms with Crippen LogP contribution in [0.25, 0.3) is 20.8 Å². The summed E-state index contributed by atoms with van der Waals surface area (Å²) in [7, 11) is 0. The van der Waals surface area contributed by atoms with Gasteiger partial charge in [-0.1, -0.05) is 74.3 Å². The van der Waals surface area contributed by atoms with Crippen LogP contribution in [0.4, 0.5) is 5.69 Å². The van der Waals surface area contributed by atoms with E-state index in [2.05, 4.69) is 52.6 Å². The molecule has 7 heteroatoms. The average molecular weight is 550 g/mol. The van der Waals surface area contributed by atoms with Gasteiger partial charge in [0, 0.05) is 30.5 Å². The third-order valence-corrected chi connectivity index (χ3v) is 5.98. The summed E-state index contributed by atoms with van der Waals surface area (Å²) in [6, 6.07) is 17.3. The van der Waals surface area contributed by atoms with Crippen molar-refractivity contribution in [2.45, 2.75) is 0 Å². The molecule has 1 aliphatic rings. The largest absolute Gasteiger partial charge is 0.397 e. The van der Waals surface area contributed by atoms with E-state index in [1.54, 1.807) is 12.1 Å². The topological polar surface area (TPSA) is 79.5 Å². The Morgan fingerprint density at radius 3 is 2.11 bits per heavy atom. The molecule has 0 atom stereocenters. The zero-order valence-corrected chi connectivity index (χ0v) is 18.5. The lowest BCUT2D eigenvalue weighted by Crippen LogP contribution is -2.19. The van der Waals surface area contributed by atoms with E-state index in [1.807, 2.05) is 42.5 Å². The quantitative estimate of drug-likeness (QED) is 0.213. The number of carbonyl (C=O) groups excluding carboxylic acids is 1. The highest BCUT2D eigenvalue weighted by atomic mass is 79.9. The van der Waals surface area contributed by atoms with Crippen LogP contribution in [0.15, 0.2) is 69.6 Å². The minimum Gasteiger partial charge on any atom is -0.397 e. The van der Waals surface area contributed by atoms with Crippen LogP contribution < -0.4 is 5.73 Å². The molecule has 2 N–H and O–H groups in total. The van der Waals surface area contributed by atoms with Gasteiger partial charge in [0.1, 0.15) is 0 Å². The highest BCUT2D eigenvalue weighted by Gasteiger charge is 2.29. The lowest BCUT2D eigenvalue weighted by molar-refractivity contribution is -0.112. The first kappa shape index (κ1) is 19.7. The van der Waals surface area contributed by atoms with E-state index in [-0.39, 0.29) is 11.5 Å². The Labute approximate surface area is 181 Å². The highest BCUT2D eigenvalue weighted by molar-refractivity contribution is 9.15. The monoisotopic (exact) mass is 547 g/mol. The molecule has 0 heterocycles. The van der Waals surface area contributed by atoms with Crippen LogP contribution in [-0.4, -0.2) is 16.3 Å². The summed E-state index contributed by atoms with van der Waals surface area (Å²) >= 11 is 10.2. The number of nitrogen functional groups attached to an aromatic ring is 1. The SMILES string of the molecule is Nc1c(Br)cc(Br)c2ccccc12.[N-]=[N+]=C1C(=O)C=C(Br)c2ccccc21. The van der Waals surface area contributed by atoms with Crippen LogP contribution in [0.1, 0.15) is 11.1 Å². The Morgan fingerprint density at radius 2 is 1.44 bits per heavy atom. The van der Waals surface area contributed by atoms with Crippen molar-refractivity contribution in [3.8, 4) is 0 Å². The van der Waals surface area contributed by atoms with Gasteiger partial charge < -0.3 is 11.3 Å². The van der Waals surface area contributed by atoms with E-state index in [4.69, 9.17) is 11.3 Å². The van der Waals surface area contributed by atoms with Crippen LogP contribution in [0.2, 0.25) is 0 Å². The van der Waals surface area contributed by atoms with E-state index in [9.17, 15) is 4.79 Å². The molecule has 3 aromatic carbocycles. The van der Waals surface area contributed by atoms with Crippen molar-refractivity contribution in [1.82, 2.24) is 0 Å². The number of ketones is 1. The number of hydrogen-bond donors (Lipinski definition) is 1.